The van der Waals surface area contributed by atoms with Crippen molar-refractivity contribution in [1.82, 2.24) is 4.57 Å². The maximum atomic E-state index is 10.5. The molecule has 0 aliphatic rings. The third-order valence-corrected chi connectivity index (χ3v) is 1.99. The van der Waals surface area contributed by atoms with Crippen LogP contribution in [0.25, 0.3) is 0 Å². The lowest BCUT2D eigenvalue weighted by atomic mass is 10.1. The van der Waals surface area contributed by atoms with Crippen molar-refractivity contribution >= 4 is 12.6 Å². The van der Waals surface area contributed by atoms with Crippen molar-refractivity contribution in [3.05, 3.63) is 24.0 Å². The highest BCUT2D eigenvalue weighted by Gasteiger charge is 2.04. The van der Waals surface area contributed by atoms with Crippen LogP contribution >= 0.6 is 0 Å². The van der Waals surface area contributed by atoms with Crippen molar-refractivity contribution in [3.8, 4) is 0 Å². The number of carbonyl (C=O) groups is 2. The number of hydrogen-bond donors (Lipinski definition) is 0. The van der Waals surface area contributed by atoms with Crippen molar-refractivity contribution in [1.29, 1.82) is 0 Å². The van der Waals surface area contributed by atoms with Gasteiger partial charge in [-0.3, -0.25) is 4.79 Å². The Morgan fingerprint density at radius 1 is 1.54 bits per heavy atom. The molecule has 0 bridgehead atoms. The summed E-state index contributed by atoms with van der Waals surface area (Å²) in [4.78, 5) is 20.8. The fourth-order valence-corrected chi connectivity index (χ4v) is 1.28. The third kappa shape index (κ3) is 2.54. The quantitative estimate of drug-likeness (QED) is 0.643. The zero-order valence-corrected chi connectivity index (χ0v) is 7.64. The number of aldehydes is 2. The van der Waals surface area contributed by atoms with Gasteiger partial charge < -0.3 is 9.36 Å². The number of nitrogens with zero attached hydrogens (tertiary/aromatic N) is 1. The highest BCUT2D eigenvalue weighted by atomic mass is 16.1. The molecular weight excluding hydrogens is 166 g/mol. The first-order valence-electron chi connectivity index (χ1n) is 4.32. The van der Waals surface area contributed by atoms with E-state index < -0.39 is 0 Å². The number of carbonyl (C=O) groups excluding carboxylic acids is 2. The lowest BCUT2D eigenvalue weighted by molar-refractivity contribution is -0.108. The van der Waals surface area contributed by atoms with Gasteiger partial charge in [0.15, 0.2) is 6.29 Å². The molecule has 1 aromatic heterocycles. The van der Waals surface area contributed by atoms with Crippen molar-refractivity contribution in [2.24, 2.45) is 5.92 Å². The predicted molar refractivity (Wildman–Crippen MR) is 49.7 cm³/mol. The molecular formula is C10H13NO2. The van der Waals surface area contributed by atoms with E-state index in [1.807, 2.05) is 23.8 Å². The monoisotopic (exact) mass is 179 g/mol. The Morgan fingerprint density at radius 3 is 2.92 bits per heavy atom. The molecule has 1 heterocycles. The Balaban J connectivity index is 2.62. The molecule has 1 rings (SSSR count). The minimum absolute atomic E-state index is 0.281. The second-order valence-corrected chi connectivity index (χ2v) is 3.21. The van der Waals surface area contributed by atoms with Crippen molar-refractivity contribution < 1.29 is 9.59 Å². The van der Waals surface area contributed by atoms with E-state index in [1.165, 1.54) is 0 Å². The minimum Gasteiger partial charge on any atom is -0.345 e. The van der Waals surface area contributed by atoms with E-state index in [1.54, 1.807) is 6.07 Å². The molecule has 0 aliphatic carbocycles. The Bertz CT molecular complexity index is 291. The number of hydrogen-bond acceptors (Lipinski definition) is 2. The molecule has 0 N–H and O–H groups in total. The van der Waals surface area contributed by atoms with Gasteiger partial charge in [-0.25, -0.2) is 0 Å². The van der Waals surface area contributed by atoms with E-state index in [9.17, 15) is 9.59 Å². The molecule has 0 amide bonds. The maximum absolute atomic E-state index is 10.5. The van der Waals surface area contributed by atoms with E-state index in [4.69, 9.17) is 0 Å². The predicted octanol–water partition coefficient (Wildman–Crippen LogP) is 1.53. The summed E-state index contributed by atoms with van der Waals surface area (Å²) in [5.74, 6) is 0.281. The highest BCUT2D eigenvalue weighted by Crippen LogP contribution is 2.07. The van der Waals surface area contributed by atoms with E-state index in [-0.39, 0.29) is 5.92 Å². The van der Waals surface area contributed by atoms with Gasteiger partial charge in [-0.05, 0) is 18.1 Å². The van der Waals surface area contributed by atoms with Crippen LogP contribution in [-0.4, -0.2) is 17.1 Å². The molecule has 0 radical (unpaired) electrons. The average Bonchev–Trinajstić information content (AvgIpc) is 2.52. The molecule has 0 fully saturated rings. The van der Waals surface area contributed by atoms with Crippen LogP contribution in [0.2, 0.25) is 0 Å². The normalized spacial score (nSPS) is 12.4. The summed E-state index contributed by atoms with van der Waals surface area (Å²) in [6.45, 7) is 2.71. The summed E-state index contributed by atoms with van der Waals surface area (Å²) in [5, 5.41) is 0. The van der Waals surface area contributed by atoms with Crippen LogP contribution < -0.4 is 0 Å². The molecule has 70 valence electrons. The Morgan fingerprint density at radius 2 is 2.31 bits per heavy atom. The van der Waals surface area contributed by atoms with Gasteiger partial charge in [0.2, 0.25) is 0 Å². The molecule has 3 heteroatoms. The molecule has 0 aromatic carbocycles. The first-order chi connectivity index (χ1) is 6.27. The topological polar surface area (TPSA) is 39.1 Å². The molecule has 0 spiro atoms. The van der Waals surface area contributed by atoms with Crippen LogP contribution in [0, 0.1) is 5.92 Å². The van der Waals surface area contributed by atoms with Gasteiger partial charge in [-0.15, -0.1) is 0 Å². The summed E-state index contributed by atoms with van der Waals surface area (Å²) < 4.78 is 1.86. The molecule has 0 aliphatic heterocycles. The molecule has 1 aromatic rings. The van der Waals surface area contributed by atoms with Gasteiger partial charge in [0.25, 0.3) is 0 Å². The molecule has 3 nitrogen and oxygen atoms in total. The molecule has 1 unspecified atom stereocenters. The number of rotatable bonds is 5. The van der Waals surface area contributed by atoms with Crippen LogP contribution in [0.3, 0.4) is 0 Å². The van der Waals surface area contributed by atoms with Gasteiger partial charge in [-0.2, -0.15) is 0 Å². The van der Waals surface area contributed by atoms with Gasteiger partial charge in [0.1, 0.15) is 6.29 Å². The van der Waals surface area contributed by atoms with Crippen LogP contribution in [0.4, 0.5) is 0 Å². The van der Waals surface area contributed by atoms with Crippen molar-refractivity contribution in [3.63, 3.8) is 0 Å². The van der Waals surface area contributed by atoms with E-state index >= 15 is 0 Å². The van der Waals surface area contributed by atoms with E-state index in [2.05, 4.69) is 0 Å². The van der Waals surface area contributed by atoms with Crippen LogP contribution in [0.1, 0.15) is 23.8 Å². The molecule has 0 saturated heterocycles. The molecule has 13 heavy (non-hydrogen) atoms. The summed E-state index contributed by atoms with van der Waals surface area (Å²) in [6.07, 6.45) is 4.13. The van der Waals surface area contributed by atoms with Gasteiger partial charge >= 0.3 is 0 Å². The fraction of sp³-hybridized carbons (Fsp3) is 0.400. The van der Waals surface area contributed by atoms with Gasteiger partial charge in [0.05, 0.1) is 5.69 Å². The van der Waals surface area contributed by atoms with Crippen molar-refractivity contribution in [2.45, 2.75) is 19.9 Å². The third-order valence-electron chi connectivity index (χ3n) is 1.99. The summed E-state index contributed by atoms with van der Waals surface area (Å²) >= 11 is 0. The fourth-order valence-electron chi connectivity index (χ4n) is 1.28. The zero-order valence-electron chi connectivity index (χ0n) is 7.64. The van der Waals surface area contributed by atoms with Gasteiger partial charge in [0, 0.05) is 19.2 Å². The minimum atomic E-state index is 0.281. The second-order valence-electron chi connectivity index (χ2n) is 3.21. The van der Waals surface area contributed by atoms with Crippen LogP contribution in [0.15, 0.2) is 18.3 Å². The lowest BCUT2D eigenvalue weighted by Crippen LogP contribution is -2.09. The van der Waals surface area contributed by atoms with Crippen molar-refractivity contribution in [2.75, 3.05) is 0 Å². The zero-order chi connectivity index (χ0) is 9.68. The maximum Gasteiger partial charge on any atom is 0.166 e. The lowest BCUT2D eigenvalue weighted by Gasteiger charge is -2.10. The van der Waals surface area contributed by atoms with E-state index in [0.717, 1.165) is 19.1 Å². The van der Waals surface area contributed by atoms with Crippen LogP contribution in [-0.2, 0) is 11.3 Å². The Kier molecular flexibility index (Phi) is 3.43. The summed E-state index contributed by atoms with van der Waals surface area (Å²) in [5.41, 5.74) is 0.665. The Labute approximate surface area is 77.4 Å². The standard InChI is InChI=1S/C10H13NO2/c1-9(4-6-12)7-11-5-2-3-10(11)8-13/h2-3,5-6,8-9H,4,7H2,1H3. The SMILES string of the molecule is CC(CC=O)Cn1cccc1C=O. The smallest absolute Gasteiger partial charge is 0.166 e. The first kappa shape index (κ1) is 9.71. The first-order valence-corrected chi connectivity index (χ1v) is 4.32. The van der Waals surface area contributed by atoms with Gasteiger partial charge in [-0.1, -0.05) is 6.92 Å². The molecule has 1 atom stereocenters. The van der Waals surface area contributed by atoms with Crippen LogP contribution in [0.5, 0.6) is 0 Å². The van der Waals surface area contributed by atoms with E-state index in [0.29, 0.717) is 12.1 Å². The summed E-state index contributed by atoms with van der Waals surface area (Å²) in [6, 6.07) is 3.60. The molecule has 0 saturated carbocycles. The average molecular weight is 179 g/mol. The summed E-state index contributed by atoms with van der Waals surface area (Å²) in [7, 11) is 0. The highest BCUT2D eigenvalue weighted by molar-refractivity contribution is 5.72. The largest absolute Gasteiger partial charge is 0.345 e. The Hall–Kier alpha value is -1.38. The number of aromatic nitrogens is 1. The second kappa shape index (κ2) is 4.60.